The molecule has 1 aliphatic carbocycles. The van der Waals surface area contributed by atoms with Crippen LogP contribution in [0.15, 0.2) is 12.3 Å². The predicted molar refractivity (Wildman–Crippen MR) is 70.4 cm³/mol. The zero-order valence-electron chi connectivity index (χ0n) is 10.2. The molecule has 0 amide bonds. The lowest BCUT2D eigenvalue weighted by molar-refractivity contribution is 0.0740. The van der Waals surface area contributed by atoms with Crippen LogP contribution in [0.4, 0.5) is 5.69 Å². The topological polar surface area (TPSA) is 68.9 Å². The van der Waals surface area contributed by atoms with E-state index in [1.165, 1.54) is 6.20 Å². The van der Waals surface area contributed by atoms with Gasteiger partial charge in [0.2, 0.25) is 0 Å². The van der Waals surface area contributed by atoms with Crippen LogP contribution in [0.1, 0.15) is 31.7 Å². The van der Waals surface area contributed by atoms with Gasteiger partial charge in [0, 0.05) is 12.2 Å². The Balaban J connectivity index is 2.10. The fourth-order valence-electron chi connectivity index (χ4n) is 2.29. The van der Waals surface area contributed by atoms with Crippen molar-refractivity contribution in [3.05, 3.63) is 23.0 Å². The molecule has 0 spiro atoms. The Morgan fingerprint density at radius 1 is 1.56 bits per heavy atom. The van der Waals surface area contributed by atoms with E-state index in [0.29, 0.717) is 28.7 Å². The van der Waals surface area contributed by atoms with Crippen LogP contribution >= 0.6 is 11.6 Å². The van der Waals surface area contributed by atoms with Gasteiger partial charge in [-0.15, -0.1) is 0 Å². The van der Waals surface area contributed by atoms with Crippen LogP contribution in [-0.4, -0.2) is 22.2 Å². The normalized spacial score (nSPS) is 27.6. The van der Waals surface area contributed by atoms with Crippen molar-refractivity contribution < 1.29 is 5.11 Å². The van der Waals surface area contributed by atoms with Crippen LogP contribution in [0.25, 0.3) is 0 Å². The van der Waals surface area contributed by atoms with Crippen molar-refractivity contribution in [3.8, 4) is 6.07 Å². The van der Waals surface area contributed by atoms with Gasteiger partial charge in [-0.2, -0.15) is 5.26 Å². The van der Waals surface area contributed by atoms with Crippen molar-refractivity contribution >= 4 is 17.3 Å². The average Bonchev–Trinajstić information content (AvgIpc) is 2.34. The second-order valence-corrected chi connectivity index (χ2v) is 5.25. The summed E-state index contributed by atoms with van der Waals surface area (Å²) in [4.78, 5) is 3.88. The van der Waals surface area contributed by atoms with E-state index >= 15 is 0 Å². The lowest BCUT2D eigenvalue weighted by atomic mass is 9.84. The Hall–Kier alpha value is -1.31. The Kier molecular flexibility index (Phi) is 4.05. The molecule has 18 heavy (non-hydrogen) atoms. The first kappa shape index (κ1) is 13.1. The summed E-state index contributed by atoms with van der Waals surface area (Å²) in [6.45, 7) is 2.06. The van der Waals surface area contributed by atoms with Crippen LogP contribution in [0.3, 0.4) is 0 Å². The minimum absolute atomic E-state index is 0.182. The first-order valence-electron chi connectivity index (χ1n) is 6.10. The molecule has 2 rings (SSSR count). The van der Waals surface area contributed by atoms with E-state index in [0.717, 1.165) is 12.8 Å². The molecule has 1 aromatic heterocycles. The maximum absolute atomic E-state index is 9.86. The summed E-state index contributed by atoms with van der Waals surface area (Å²) in [5.41, 5.74) is 1.18. The highest BCUT2D eigenvalue weighted by Gasteiger charge is 2.26. The summed E-state index contributed by atoms with van der Waals surface area (Å²) in [5, 5.41) is 22.5. The van der Waals surface area contributed by atoms with E-state index in [1.807, 2.05) is 0 Å². The van der Waals surface area contributed by atoms with Crippen LogP contribution in [0.2, 0.25) is 5.15 Å². The Morgan fingerprint density at radius 2 is 2.33 bits per heavy atom. The third-order valence-corrected chi connectivity index (χ3v) is 3.71. The van der Waals surface area contributed by atoms with Crippen LogP contribution in [0, 0.1) is 17.2 Å². The number of pyridine rings is 1. The van der Waals surface area contributed by atoms with Crippen molar-refractivity contribution in [2.45, 2.75) is 38.3 Å². The fraction of sp³-hybridized carbons (Fsp3) is 0.538. The molecule has 0 aliphatic heterocycles. The fourth-order valence-corrected chi connectivity index (χ4v) is 2.45. The van der Waals surface area contributed by atoms with Gasteiger partial charge in [-0.05, 0) is 31.2 Å². The molecular formula is C13H16ClN3O. The number of nitriles is 1. The van der Waals surface area contributed by atoms with Gasteiger partial charge in [-0.25, -0.2) is 4.98 Å². The Bertz CT molecular complexity index is 472. The molecule has 1 aliphatic rings. The first-order valence-corrected chi connectivity index (χ1v) is 6.48. The second kappa shape index (κ2) is 5.55. The number of aliphatic hydroxyl groups is 1. The quantitative estimate of drug-likeness (QED) is 0.807. The molecule has 0 radical (unpaired) electrons. The standard InChI is InChI=1S/C13H16ClN3O/c1-8-2-3-10(4-12(8)18)17-11-5-13(14)16-7-9(11)6-15/h5,7-8,10,12,18H,2-4H2,1H3,(H,16,17)/t8-,10-,12-/m1/s1. The highest BCUT2D eigenvalue weighted by atomic mass is 35.5. The molecule has 0 saturated heterocycles. The largest absolute Gasteiger partial charge is 0.393 e. The molecule has 1 heterocycles. The van der Waals surface area contributed by atoms with Gasteiger partial charge in [-0.1, -0.05) is 18.5 Å². The van der Waals surface area contributed by atoms with Gasteiger partial charge in [0.05, 0.1) is 17.4 Å². The molecule has 3 atom stereocenters. The number of hydrogen-bond donors (Lipinski definition) is 2. The third kappa shape index (κ3) is 2.92. The molecule has 0 aromatic carbocycles. The van der Waals surface area contributed by atoms with Gasteiger partial charge in [0.1, 0.15) is 11.2 Å². The van der Waals surface area contributed by atoms with Crippen molar-refractivity contribution in [1.29, 1.82) is 5.26 Å². The summed E-state index contributed by atoms with van der Waals surface area (Å²) < 4.78 is 0. The first-order chi connectivity index (χ1) is 8.60. The molecule has 0 bridgehead atoms. The molecule has 1 aromatic rings. The van der Waals surface area contributed by atoms with Gasteiger partial charge in [0.15, 0.2) is 0 Å². The van der Waals surface area contributed by atoms with E-state index < -0.39 is 0 Å². The lowest BCUT2D eigenvalue weighted by Crippen LogP contribution is -2.35. The average molecular weight is 266 g/mol. The zero-order chi connectivity index (χ0) is 13.1. The Labute approximate surface area is 112 Å². The number of hydrogen-bond acceptors (Lipinski definition) is 4. The molecule has 1 fully saturated rings. The van der Waals surface area contributed by atoms with E-state index in [9.17, 15) is 5.11 Å². The summed E-state index contributed by atoms with van der Waals surface area (Å²) in [6.07, 6.45) is 3.86. The molecule has 5 heteroatoms. The van der Waals surface area contributed by atoms with Crippen molar-refractivity contribution in [2.24, 2.45) is 5.92 Å². The number of nitrogens with one attached hydrogen (secondary N) is 1. The number of rotatable bonds is 2. The predicted octanol–water partition coefficient (Wildman–Crippen LogP) is 2.57. The van der Waals surface area contributed by atoms with E-state index in [4.69, 9.17) is 16.9 Å². The number of nitrogens with zero attached hydrogens (tertiary/aromatic N) is 2. The van der Waals surface area contributed by atoms with E-state index in [2.05, 4.69) is 23.3 Å². The maximum atomic E-state index is 9.86. The number of halogens is 1. The zero-order valence-corrected chi connectivity index (χ0v) is 11.0. The second-order valence-electron chi connectivity index (χ2n) is 4.86. The van der Waals surface area contributed by atoms with Crippen LogP contribution < -0.4 is 5.32 Å². The van der Waals surface area contributed by atoms with Gasteiger partial charge in [-0.3, -0.25) is 0 Å². The van der Waals surface area contributed by atoms with Crippen molar-refractivity contribution in [2.75, 3.05) is 5.32 Å². The van der Waals surface area contributed by atoms with Crippen molar-refractivity contribution in [3.63, 3.8) is 0 Å². The third-order valence-electron chi connectivity index (χ3n) is 3.50. The summed E-state index contributed by atoms with van der Waals surface area (Å²) in [7, 11) is 0. The monoisotopic (exact) mass is 265 g/mol. The van der Waals surface area contributed by atoms with Gasteiger partial charge >= 0.3 is 0 Å². The van der Waals surface area contributed by atoms with Gasteiger partial charge in [0.25, 0.3) is 0 Å². The SMILES string of the molecule is C[C@@H]1CC[C@@H](Nc2cc(Cl)ncc2C#N)C[C@H]1O. The van der Waals surface area contributed by atoms with Crippen LogP contribution in [-0.2, 0) is 0 Å². The Morgan fingerprint density at radius 3 is 3.00 bits per heavy atom. The maximum Gasteiger partial charge on any atom is 0.131 e. The highest BCUT2D eigenvalue weighted by molar-refractivity contribution is 6.29. The number of aliphatic hydroxyl groups excluding tert-OH is 1. The molecule has 96 valence electrons. The summed E-state index contributed by atoms with van der Waals surface area (Å²) in [5.74, 6) is 0.347. The summed E-state index contributed by atoms with van der Waals surface area (Å²) in [6, 6.07) is 3.93. The smallest absolute Gasteiger partial charge is 0.131 e. The van der Waals surface area contributed by atoms with E-state index in [1.54, 1.807) is 6.07 Å². The van der Waals surface area contributed by atoms with E-state index in [-0.39, 0.29) is 12.1 Å². The van der Waals surface area contributed by atoms with Crippen LogP contribution in [0.5, 0.6) is 0 Å². The minimum atomic E-state index is -0.279. The number of anilines is 1. The molecule has 1 saturated carbocycles. The molecule has 4 nitrogen and oxygen atoms in total. The van der Waals surface area contributed by atoms with Crippen molar-refractivity contribution in [1.82, 2.24) is 4.98 Å². The number of aromatic nitrogens is 1. The highest BCUT2D eigenvalue weighted by Crippen LogP contribution is 2.28. The van der Waals surface area contributed by atoms with Gasteiger partial charge < -0.3 is 10.4 Å². The minimum Gasteiger partial charge on any atom is -0.393 e. The lowest BCUT2D eigenvalue weighted by Gasteiger charge is -2.32. The molecule has 0 unspecified atom stereocenters. The molecule has 2 N–H and O–H groups in total. The summed E-state index contributed by atoms with van der Waals surface area (Å²) >= 11 is 5.83. The molecular weight excluding hydrogens is 250 g/mol.